The summed E-state index contributed by atoms with van der Waals surface area (Å²) in [6.07, 6.45) is 1.26. The van der Waals surface area contributed by atoms with Crippen LogP contribution in [0.4, 0.5) is 0 Å². The normalized spacial score (nSPS) is 25.0. The first-order valence-electron chi connectivity index (χ1n) is 7.18. The highest BCUT2D eigenvalue weighted by atomic mass is 35.5. The van der Waals surface area contributed by atoms with E-state index in [0.717, 1.165) is 4.88 Å². The summed E-state index contributed by atoms with van der Waals surface area (Å²) >= 11 is 7.37. The second kappa shape index (κ2) is 6.79. The Morgan fingerprint density at radius 3 is 2.57 bits per heavy atom. The summed E-state index contributed by atoms with van der Waals surface area (Å²) in [4.78, 5) is 26.8. The molecule has 1 fully saturated rings. The fourth-order valence-electron chi connectivity index (χ4n) is 3.04. The Morgan fingerprint density at radius 1 is 1.38 bits per heavy atom. The molecule has 0 saturated heterocycles. The number of aliphatic carboxylic acids is 1. The van der Waals surface area contributed by atoms with Gasteiger partial charge in [-0.3, -0.25) is 9.59 Å². The van der Waals surface area contributed by atoms with Crippen molar-refractivity contribution in [1.82, 2.24) is 4.90 Å². The van der Waals surface area contributed by atoms with Gasteiger partial charge < -0.3 is 10.0 Å². The highest BCUT2D eigenvalue weighted by Crippen LogP contribution is 2.38. The van der Waals surface area contributed by atoms with Crippen LogP contribution in [-0.2, 0) is 16.1 Å². The maximum Gasteiger partial charge on any atom is 0.307 e. The largest absolute Gasteiger partial charge is 0.481 e. The Morgan fingerprint density at radius 2 is 2.05 bits per heavy atom. The smallest absolute Gasteiger partial charge is 0.307 e. The van der Waals surface area contributed by atoms with E-state index >= 15 is 0 Å². The van der Waals surface area contributed by atoms with Crippen molar-refractivity contribution in [3.63, 3.8) is 0 Å². The van der Waals surface area contributed by atoms with Gasteiger partial charge in [0.05, 0.1) is 22.7 Å². The van der Waals surface area contributed by atoms with Crippen LogP contribution in [0.2, 0.25) is 4.34 Å². The number of thiophene rings is 1. The Kier molecular flexibility index (Phi) is 5.27. The van der Waals surface area contributed by atoms with Crippen LogP contribution in [0, 0.1) is 17.8 Å². The molecule has 4 nitrogen and oxygen atoms in total. The van der Waals surface area contributed by atoms with Gasteiger partial charge in [-0.1, -0.05) is 18.5 Å². The highest BCUT2D eigenvalue weighted by molar-refractivity contribution is 7.16. The van der Waals surface area contributed by atoms with Crippen molar-refractivity contribution in [2.45, 2.75) is 33.2 Å². The van der Waals surface area contributed by atoms with Gasteiger partial charge in [-0.25, -0.2) is 0 Å². The molecule has 2 rings (SSSR count). The number of carboxylic acids is 1. The maximum atomic E-state index is 12.7. The zero-order chi connectivity index (χ0) is 15.6. The van der Waals surface area contributed by atoms with Gasteiger partial charge in [0.2, 0.25) is 5.91 Å². The van der Waals surface area contributed by atoms with Crippen molar-refractivity contribution in [3.05, 3.63) is 21.3 Å². The molecule has 1 N–H and O–H groups in total. The van der Waals surface area contributed by atoms with Gasteiger partial charge in [0.1, 0.15) is 0 Å². The van der Waals surface area contributed by atoms with Crippen molar-refractivity contribution in [2.75, 3.05) is 6.54 Å². The number of nitrogens with zero attached hydrogens (tertiary/aromatic N) is 1. The van der Waals surface area contributed by atoms with Crippen LogP contribution in [-0.4, -0.2) is 28.4 Å². The minimum Gasteiger partial charge on any atom is -0.481 e. The molecule has 1 amide bonds. The molecule has 116 valence electrons. The second-order valence-electron chi connectivity index (χ2n) is 5.69. The van der Waals surface area contributed by atoms with Crippen LogP contribution in [0.25, 0.3) is 0 Å². The lowest BCUT2D eigenvalue weighted by molar-refractivity contribution is -0.149. The Balaban J connectivity index is 2.10. The van der Waals surface area contributed by atoms with Crippen LogP contribution >= 0.6 is 22.9 Å². The number of hydrogen-bond acceptors (Lipinski definition) is 3. The summed E-state index contributed by atoms with van der Waals surface area (Å²) in [5.74, 6) is -1.55. The van der Waals surface area contributed by atoms with Gasteiger partial charge in [0.25, 0.3) is 0 Å². The van der Waals surface area contributed by atoms with E-state index in [1.165, 1.54) is 11.3 Å². The number of carbonyl (C=O) groups excluding carboxylic acids is 1. The minimum absolute atomic E-state index is 0.0428. The first-order chi connectivity index (χ1) is 9.92. The third-order valence-corrected chi connectivity index (χ3v) is 5.32. The summed E-state index contributed by atoms with van der Waals surface area (Å²) in [7, 11) is 0. The first-order valence-corrected chi connectivity index (χ1v) is 8.37. The van der Waals surface area contributed by atoms with E-state index in [0.29, 0.717) is 30.3 Å². The molecular weight excluding hydrogens is 310 g/mol. The van der Waals surface area contributed by atoms with E-state index in [9.17, 15) is 14.7 Å². The van der Waals surface area contributed by atoms with Crippen molar-refractivity contribution in [3.8, 4) is 0 Å². The van der Waals surface area contributed by atoms with Gasteiger partial charge in [-0.15, -0.1) is 11.3 Å². The van der Waals surface area contributed by atoms with Crippen molar-refractivity contribution < 1.29 is 14.7 Å². The standard InChI is InChI=1S/C15H20ClNO3S/c1-3-17(8-10-4-5-13(16)21-10)14(18)11-6-9(2)7-12(11)15(19)20/h4-5,9,11-12H,3,6-8H2,1-2H3,(H,19,20)/t9?,11-,12+/m0/s1. The fraction of sp³-hybridized carbons (Fsp3) is 0.600. The predicted molar refractivity (Wildman–Crippen MR) is 83.4 cm³/mol. The number of hydrogen-bond donors (Lipinski definition) is 1. The van der Waals surface area contributed by atoms with Gasteiger partial charge in [-0.2, -0.15) is 0 Å². The molecule has 1 aliphatic carbocycles. The molecule has 0 radical (unpaired) electrons. The minimum atomic E-state index is -0.854. The van der Waals surface area contributed by atoms with Gasteiger partial charge in [-0.05, 0) is 37.8 Å². The third kappa shape index (κ3) is 3.77. The summed E-state index contributed by atoms with van der Waals surface area (Å²) < 4.78 is 0.700. The quantitative estimate of drug-likeness (QED) is 0.899. The number of carbonyl (C=O) groups is 2. The average molecular weight is 330 g/mol. The summed E-state index contributed by atoms with van der Waals surface area (Å²) in [6, 6.07) is 3.73. The van der Waals surface area contributed by atoms with Crippen molar-refractivity contribution >= 4 is 34.8 Å². The van der Waals surface area contributed by atoms with Crippen LogP contribution in [0.5, 0.6) is 0 Å². The lowest BCUT2D eigenvalue weighted by Gasteiger charge is -2.25. The molecule has 1 aromatic rings. The van der Waals surface area contributed by atoms with E-state index < -0.39 is 17.8 Å². The Hall–Kier alpha value is -1.07. The highest BCUT2D eigenvalue weighted by Gasteiger charge is 2.42. The SMILES string of the molecule is CCN(Cc1ccc(Cl)s1)C(=O)[C@H]1CC(C)C[C@H]1C(=O)O. The summed E-state index contributed by atoms with van der Waals surface area (Å²) in [5.41, 5.74) is 0. The molecule has 21 heavy (non-hydrogen) atoms. The van der Waals surface area contributed by atoms with Crippen LogP contribution in [0.3, 0.4) is 0 Å². The lowest BCUT2D eigenvalue weighted by atomic mass is 9.94. The molecule has 0 bridgehead atoms. The second-order valence-corrected chi connectivity index (χ2v) is 7.49. The predicted octanol–water partition coefficient (Wildman–Crippen LogP) is 3.50. The third-order valence-electron chi connectivity index (χ3n) is 4.10. The average Bonchev–Trinajstić information content (AvgIpc) is 3.01. The molecule has 1 saturated carbocycles. The molecular formula is C15H20ClNO3S. The van der Waals surface area contributed by atoms with E-state index in [4.69, 9.17) is 11.6 Å². The number of carboxylic acid groups (broad SMARTS) is 1. The monoisotopic (exact) mass is 329 g/mol. The van der Waals surface area contributed by atoms with Gasteiger partial charge in [0.15, 0.2) is 0 Å². The van der Waals surface area contributed by atoms with Crippen LogP contribution < -0.4 is 0 Å². The molecule has 0 spiro atoms. The number of rotatable bonds is 5. The molecule has 1 heterocycles. The molecule has 0 aliphatic heterocycles. The molecule has 1 aromatic heterocycles. The van der Waals surface area contributed by atoms with E-state index in [-0.39, 0.29) is 11.8 Å². The molecule has 0 aromatic carbocycles. The maximum absolute atomic E-state index is 12.7. The van der Waals surface area contributed by atoms with Crippen molar-refractivity contribution in [1.29, 1.82) is 0 Å². The number of halogens is 1. The molecule has 3 atom stereocenters. The molecule has 1 aliphatic rings. The molecule has 6 heteroatoms. The summed E-state index contributed by atoms with van der Waals surface area (Å²) in [6.45, 7) is 5.01. The van der Waals surface area contributed by atoms with Crippen LogP contribution in [0.15, 0.2) is 12.1 Å². The molecule has 1 unspecified atom stereocenters. The zero-order valence-electron chi connectivity index (χ0n) is 12.2. The van der Waals surface area contributed by atoms with Gasteiger partial charge in [0, 0.05) is 11.4 Å². The zero-order valence-corrected chi connectivity index (χ0v) is 13.8. The van der Waals surface area contributed by atoms with Gasteiger partial charge >= 0.3 is 5.97 Å². The van der Waals surface area contributed by atoms with Crippen molar-refractivity contribution in [2.24, 2.45) is 17.8 Å². The fourth-order valence-corrected chi connectivity index (χ4v) is 4.15. The topological polar surface area (TPSA) is 57.6 Å². The Labute approximate surface area is 133 Å². The number of amides is 1. The van der Waals surface area contributed by atoms with E-state index in [1.807, 2.05) is 26.0 Å². The first kappa shape index (κ1) is 16.3. The summed E-state index contributed by atoms with van der Waals surface area (Å²) in [5, 5.41) is 9.31. The van der Waals surface area contributed by atoms with Crippen LogP contribution in [0.1, 0.15) is 31.6 Å². The van der Waals surface area contributed by atoms with E-state index in [2.05, 4.69) is 0 Å². The van der Waals surface area contributed by atoms with E-state index in [1.54, 1.807) is 4.90 Å². The Bertz CT molecular complexity index is 531. The lowest BCUT2D eigenvalue weighted by Crippen LogP contribution is -2.38.